The molecule has 0 amide bonds. The quantitative estimate of drug-likeness (QED) is 0.744. The Labute approximate surface area is 119 Å². The molecule has 0 N–H and O–H groups in total. The number of pyridine rings is 1. The lowest BCUT2D eigenvalue weighted by molar-refractivity contribution is 0.483. The van der Waals surface area contributed by atoms with Crippen molar-refractivity contribution in [3.63, 3.8) is 0 Å². The third-order valence-electron chi connectivity index (χ3n) is 4.13. The summed E-state index contributed by atoms with van der Waals surface area (Å²) < 4.78 is 0. The minimum atomic E-state index is 0.490. The fourth-order valence-corrected chi connectivity index (χ4v) is 3.01. The standard InChI is InChI=1S/C16H19ClN2/c1-10(2)12-4-5-15(19-7-6-11(19)3)14-9-18-16(17)8-13(12)14/h4-5,8-11H,6-7H2,1-3H3. The lowest BCUT2D eigenvalue weighted by Crippen LogP contribution is -2.45. The zero-order chi connectivity index (χ0) is 13.6. The maximum atomic E-state index is 6.08. The van der Waals surface area contributed by atoms with E-state index in [0.717, 1.165) is 6.54 Å². The molecule has 2 nitrogen and oxygen atoms in total. The summed E-state index contributed by atoms with van der Waals surface area (Å²) in [6.07, 6.45) is 3.19. The van der Waals surface area contributed by atoms with Crippen LogP contribution in [-0.4, -0.2) is 17.6 Å². The van der Waals surface area contributed by atoms with Crippen molar-refractivity contribution in [2.24, 2.45) is 0 Å². The molecular formula is C16H19ClN2. The summed E-state index contributed by atoms with van der Waals surface area (Å²) in [6.45, 7) is 7.85. The van der Waals surface area contributed by atoms with Gasteiger partial charge in [0, 0.05) is 29.9 Å². The molecule has 1 aromatic heterocycles. The Morgan fingerprint density at radius 1 is 1.32 bits per heavy atom. The van der Waals surface area contributed by atoms with Gasteiger partial charge in [-0.15, -0.1) is 0 Å². The first-order chi connectivity index (χ1) is 9.08. The van der Waals surface area contributed by atoms with Crippen LogP contribution in [0.25, 0.3) is 10.8 Å². The Kier molecular flexibility index (Phi) is 3.14. The van der Waals surface area contributed by atoms with Gasteiger partial charge in [-0.2, -0.15) is 0 Å². The summed E-state index contributed by atoms with van der Waals surface area (Å²) in [7, 11) is 0. The molecule has 1 unspecified atom stereocenters. The number of benzene rings is 1. The summed E-state index contributed by atoms with van der Waals surface area (Å²) >= 11 is 6.08. The molecule has 0 spiro atoms. The van der Waals surface area contributed by atoms with Gasteiger partial charge >= 0.3 is 0 Å². The molecule has 0 aliphatic carbocycles. The van der Waals surface area contributed by atoms with E-state index in [9.17, 15) is 0 Å². The first-order valence-corrected chi connectivity index (χ1v) is 7.30. The maximum absolute atomic E-state index is 6.08. The second-order valence-electron chi connectivity index (χ2n) is 5.71. The number of rotatable bonds is 2. The molecule has 2 aromatic rings. The summed E-state index contributed by atoms with van der Waals surface area (Å²) in [4.78, 5) is 6.72. The number of halogens is 1. The molecule has 3 rings (SSSR count). The predicted octanol–water partition coefficient (Wildman–Crippen LogP) is 4.61. The Morgan fingerprint density at radius 3 is 2.68 bits per heavy atom. The van der Waals surface area contributed by atoms with Crippen molar-refractivity contribution >= 4 is 28.1 Å². The zero-order valence-corrected chi connectivity index (χ0v) is 12.4. The topological polar surface area (TPSA) is 16.1 Å². The molecule has 1 aliphatic heterocycles. The molecule has 0 bridgehead atoms. The fourth-order valence-electron chi connectivity index (χ4n) is 2.85. The highest BCUT2D eigenvalue weighted by atomic mass is 35.5. The van der Waals surface area contributed by atoms with Gasteiger partial charge in [0.15, 0.2) is 0 Å². The second kappa shape index (κ2) is 4.68. The summed E-state index contributed by atoms with van der Waals surface area (Å²) in [5.74, 6) is 0.490. The molecule has 1 aromatic carbocycles. The van der Waals surface area contributed by atoms with E-state index in [1.165, 1.54) is 28.4 Å². The van der Waals surface area contributed by atoms with Crippen molar-refractivity contribution < 1.29 is 0 Å². The van der Waals surface area contributed by atoms with Crippen LogP contribution in [0.4, 0.5) is 5.69 Å². The van der Waals surface area contributed by atoms with Crippen LogP contribution in [0.15, 0.2) is 24.4 Å². The Bertz CT molecular complexity index is 621. The first-order valence-electron chi connectivity index (χ1n) is 6.92. The number of fused-ring (bicyclic) bond motifs is 1. The van der Waals surface area contributed by atoms with Crippen LogP contribution in [0, 0.1) is 0 Å². The molecule has 0 saturated carbocycles. The normalized spacial score (nSPS) is 19.0. The lowest BCUT2D eigenvalue weighted by atomic mass is 9.94. The Morgan fingerprint density at radius 2 is 2.11 bits per heavy atom. The molecule has 0 radical (unpaired) electrons. The monoisotopic (exact) mass is 274 g/mol. The highest BCUT2D eigenvalue weighted by Crippen LogP contribution is 2.37. The van der Waals surface area contributed by atoms with Gasteiger partial charge in [0.1, 0.15) is 5.15 Å². The number of hydrogen-bond acceptors (Lipinski definition) is 2. The maximum Gasteiger partial charge on any atom is 0.129 e. The van der Waals surface area contributed by atoms with Gasteiger partial charge in [-0.1, -0.05) is 31.5 Å². The van der Waals surface area contributed by atoms with E-state index in [4.69, 9.17) is 11.6 Å². The summed E-state index contributed by atoms with van der Waals surface area (Å²) in [5, 5.41) is 3.04. The van der Waals surface area contributed by atoms with Crippen molar-refractivity contribution in [3.8, 4) is 0 Å². The largest absolute Gasteiger partial charge is 0.368 e. The van der Waals surface area contributed by atoms with E-state index >= 15 is 0 Å². The van der Waals surface area contributed by atoms with Gasteiger partial charge in [0.25, 0.3) is 0 Å². The molecule has 2 heterocycles. The number of anilines is 1. The summed E-state index contributed by atoms with van der Waals surface area (Å²) in [5.41, 5.74) is 2.64. The predicted molar refractivity (Wildman–Crippen MR) is 82.3 cm³/mol. The average Bonchev–Trinajstić information content (AvgIpc) is 2.36. The smallest absolute Gasteiger partial charge is 0.129 e. The van der Waals surface area contributed by atoms with E-state index in [1.807, 2.05) is 12.3 Å². The third-order valence-corrected chi connectivity index (χ3v) is 4.34. The van der Waals surface area contributed by atoms with E-state index in [-0.39, 0.29) is 0 Å². The van der Waals surface area contributed by atoms with Crippen LogP contribution in [0.1, 0.15) is 38.7 Å². The van der Waals surface area contributed by atoms with Crippen molar-refractivity contribution in [2.45, 2.75) is 39.2 Å². The molecule has 1 saturated heterocycles. The van der Waals surface area contributed by atoms with Crippen LogP contribution in [0.2, 0.25) is 5.15 Å². The van der Waals surface area contributed by atoms with Crippen LogP contribution < -0.4 is 4.90 Å². The molecule has 3 heteroatoms. The lowest BCUT2D eigenvalue weighted by Gasteiger charge is -2.41. The zero-order valence-electron chi connectivity index (χ0n) is 11.7. The van der Waals surface area contributed by atoms with Gasteiger partial charge < -0.3 is 4.90 Å². The Hall–Kier alpha value is -1.28. The third kappa shape index (κ3) is 2.08. The SMILES string of the molecule is CC(C)c1ccc(N2CCC2C)c2cnc(Cl)cc12. The number of nitrogens with zero attached hydrogens (tertiary/aromatic N) is 2. The van der Waals surface area contributed by atoms with E-state index in [1.54, 1.807) is 0 Å². The summed E-state index contributed by atoms with van der Waals surface area (Å²) in [6, 6.07) is 7.11. The molecule has 1 aliphatic rings. The van der Waals surface area contributed by atoms with E-state index in [0.29, 0.717) is 17.1 Å². The highest BCUT2D eigenvalue weighted by molar-refractivity contribution is 6.30. The number of aromatic nitrogens is 1. The number of hydrogen-bond donors (Lipinski definition) is 0. The van der Waals surface area contributed by atoms with E-state index < -0.39 is 0 Å². The van der Waals surface area contributed by atoms with Crippen LogP contribution in [0.5, 0.6) is 0 Å². The molecule has 19 heavy (non-hydrogen) atoms. The van der Waals surface area contributed by atoms with Crippen molar-refractivity contribution in [1.82, 2.24) is 4.98 Å². The molecular weight excluding hydrogens is 256 g/mol. The van der Waals surface area contributed by atoms with Crippen molar-refractivity contribution in [2.75, 3.05) is 11.4 Å². The van der Waals surface area contributed by atoms with Crippen LogP contribution >= 0.6 is 11.6 Å². The Balaban J connectivity index is 2.23. The fraction of sp³-hybridized carbons (Fsp3) is 0.438. The van der Waals surface area contributed by atoms with Gasteiger partial charge in [0.05, 0.1) is 0 Å². The minimum Gasteiger partial charge on any atom is -0.368 e. The molecule has 100 valence electrons. The van der Waals surface area contributed by atoms with Crippen molar-refractivity contribution in [3.05, 3.63) is 35.1 Å². The van der Waals surface area contributed by atoms with Crippen molar-refractivity contribution in [1.29, 1.82) is 0 Å². The second-order valence-corrected chi connectivity index (χ2v) is 6.10. The van der Waals surface area contributed by atoms with Gasteiger partial charge in [0.2, 0.25) is 0 Å². The van der Waals surface area contributed by atoms with Gasteiger partial charge in [-0.25, -0.2) is 4.98 Å². The molecule has 1 fully saturated rings. The average molecular weight is 275 g/mol. The highest BCUT2D eigenvalue weighted by Gasteiger charge is 2.25. The van der Waals surface area contributed by atoms with Gasteiger partial charge in [-0.3, -0.25) is 0 Å². The van der Waals surface area contributed by atoms with Crippen LogP contribution in [0.3, 0.4) is 0 Å². The molecule has 1 atom stereocenters. The van der Waals surface area contributed by atoms with Gasteiger partial charge in [-0.05, 0) is 42.3 Å². The first kappa shape index (κ1) is 12.7. The minimum absolute atomic E-state index is 0.490. The van der Waals surface area contributed by atoms with E-state index in [2.05, 4.69) is 42.8 Å². The van der Waals surface area contributed by atoms with Crippen LogP contribution in [-0.2, 0) is 0 Å².